The Bertz CT molecular complexity index is 24.1. The van der Waals surface area contributed by atoms with Crippen molar-refractivity contribution in [3.05, 3.63) is 0 Å². The predicted octanol–water partition coefficient (Wildman–Crippen LogP) is -1.44. The quantitative estimate of drug-likeness (QED) is 0.480. The van der Waals surface area contributed by atoms with Crippen LogP contribution in [-0.2, 0) is 0 Å². The molecule has 0 aliphatic heterocycles. The molecular weight excluding hydrogens is 248 g/mol. The number of rotatable bonds is 0. The zero-order valence-corrected chi connectivity index (χ0v) is 8.25. The Kier molecular flexibility index (Phi) is 16.3. The van der Waals surface area contributed by atoms with E-state index >= 15 is 0 Å². The average molecular weight is 257 g/mol. The Morgan fingerprint density at radius 1 is 1.14 bits per heavy atom. The molecule has 1 nitrogen and oxygen atoms in total. The fraction of sp³-hybridized carbons (Fsp3) is 1.00. The molecule has 0 saturated heterocycles. The van der Waals surface area contributed by atoms with Crippen molar-refractivity contribution in [2.24, 2.45) is 0 Å². The van der Waals surface area contributed by atoms with Crippen LogP contribution in [0.2, 0.25) is 0 Å². The van der Waals surface area contributed by atoms with Gasteiger partial charge in [-0.1, -0.05) is 0 Å². The molecular formula is C3H9Cl2IN-. The van der Waals surface area contributed by atoms with Gasteiger partial charge >= 0.3 is 36.8 Å². The van der Waals surface area contributed by atoms with Crippen LogP contribution in [0.3, 0.4) is 0 Å². The number of nitrogens with zero attached hydrogens (tertiary/aromatic N) is 1. The topological polar surface area (TPSA) is 3.24 Å². The van der Waals surface area contributed by atoms with Gasteiger partial charge in [-0.05, 0) is 21.1 Å². The second-order valence-electron chi connectivity index (χ2n) is 1.40. The van der Waals surface area contributed by atoms with Crippen LogP contribution in [-0.4, -0.2) is 26.0 Å². The first-order valence-electron chi connectivity index (χ1n) is 1.63. The first kappa shape index (κ1) is 11.1. The van der Waals surface area contributed by atoms with Crippen LogP contribution in [0.1, 0.15) is 0 Å². The first-order valence-corrected chi connectivity index (χ1v) is 7.09. The van der Waals surface area contributed by atoms with Crippen molar-refractivity contribution in [3.8, 4) is 0 Å². The average Bonchev–Trinajstić information content (AvgIpc) is 1.33. The van der Waals surface area contributed by atoms with E-state index in [9.17, 15) is 0 Å². The molecule has 0 aliphatic rings. The molecule has 0 bridgehead atoms. The molecule has 0 atom stereocenters. The zero-order valence-electron chi connectivity index (χ0n) is 4.58. The summed E-state index contributed by atoms with van der Waals surface area (Å²) < 4.78 is 0. The maximum atomic E-state index is 4.87. The van der Waals surface area contributed by atoms with E-state index < -0.39 is 18.9 Å². The molecule has 0 saturated carbocycles. The molecule has 0 amide bonds. The summed E-state index contributed by atoms with van der Waals surface area (Å²) in [5, 5.41) is 0. The monoisotopic (exact) mass is 256 g/mol. The van der Waals surface area contributed by atoms with Crippen LogP contribution in [0.15, 0.2) is 0 Å². The summed E-state index contributed by atoms with van der Waals surface area (Å²) in [4.78, 5) is 2.00. The summed E-state index contributed by atoms with van der Waals surface area (Å²) in [6, 6.07) is 0. The zero-order chi connectivity index (χ0) is 6.28. The third-order valence-corrected chi connectivity index (χ3v) is 0. The summed E-state index contributed by atoms with van der Waals surface area (Å²) in [7, 11) is 15.7. The minimum atomic E-state index is -0.466. The summed E-state index contributed by atoms with van der Waals surface area (Å²) in [6.45, 7) is 0. The summed E-state index contributed by atoms with van der Waals surface area (Å²) >= 11 is -0.466. The van der Waals surface area contributed by atoms with E-state index in [1.807, 2.05) is 26.0 Å². The molecule has 0 heterocycles. The Labute approximate surface area is 62.7 Å². The Balaban J connectivity index is 0. The predicted molar refractivity (Wildman–Crippen MR) is 31.3 cm³/mol. The van der Waals surface area contributed by atoms with Gasteiger partial charge in [-0.25, -0.2) is 0 Å². The molecule has 0 aromatic carbocycles. The van der Waals surface area contributed by atoms with Crippen molar-refractivity contribution in [2.75, 3.05) is 21.1 Å². The standard InChI is InChI=1S/C3H9N.Cl2I/c1-4(2)3;1-3-2/h1-3H3;/q;-1. The van der Waals surface area contributed by atoms with Gasteiger partial charge in [0.25, 0.3) is 0 Å². The van der Waals surface area contributed by atoms with E-state index in [0.717, 1.165) is 0 Å². The van der Waals surface area contributed by atoms with Crippen LogP contribution >= 0.6 is 17.8 Å². The van der Waals surface area contributed by atoms with Crippen molar-refractivity contribution in [3.63, 3.8) is 0 Å². The molecule has 48 valence electrons. The summed E-state index contributed by atoms with van der Waals surface area (Å²) in [6.07, 6.45) is 0. The second-order valence-corrected chi connectivity index (χ2v) is 4.60. The molecule has 0 aliphatic carbocycles. The van der Waals surface area contributed by atoms with Crippen molar-refractivity contribution in [1.29, 1.82) is 0 Å². The summed E-state index contributed by atoms with van der Waals surface area (Å²) in [5.41, 5.74) is 0. The molecule has 7 heavy (non-hydrogen) atoms. The third kappa shape index (κ3) is 125. The molecule has 0 aromatic rings. The molecule has 0 fully saturated rings. The van der Waals surface area contributed by atoms with E-state index in [1.165, 1.54) is 0 Å². The Hall–Kier alpha value is 1.27. The molecule has 0 radical (unpaired) electrons. The number of hydrogen-bond acceptors (Lipinski definition) is 1. The van der Waals surface area contributed by atoms with Gasteiger partial charge in [0.2, 0.25) is 0 Å². The van der Waals surface area contributed by atoms with E-state index in [1.54, 1.807) is 0 Å². The Morgan fingerprint density at radius 2 is 1.14 bits per heavy atom. The van der Waals surface area contributed by atoms with Crippen LogP contribution < -0.4 is 18.9 Å². The van der Waals surface area contributed by atoms with Crippen molar-refractivity contribution in [1.82, 2.24) is 4.90 Å². The molecule has 0 aromatic heterocycles. The normalized spacial score (nSPS) is 8.29. The molecule has 0 spiro atoms. The second kappa shape index (κ2) is 10.3. The maximum absolute atomic E-state index is 4.87. The van der Waals surface area contributed by atoms with Gasteiger partial charge in [-0.15, -0.1) is 0 Å². The van der Waals surface area contributed by atoms with Crippen LogP contribution in [0.25, 0.3) is 0 Å². The van der Waals surface area contributed by atoms with Gasteiger partial charge in [0.1, 0.15) is 0 Å². The molecule has 0 rings (SSSR count). The minimum absolute atomic E-state index is 0.466. The van der Waals surface area contributed by atoms with E-state index in [2.05, 4.69) is 0 Å². The van der Waals surface area contributed by atoms with Gasteiger partial charge in [-0.2, -0.15) is 0 Å². The van der Waals surface area contributed by atoms with Crippen LogP contribution in [0, 0.1) is 0 Å². The van der Waals surface area contributed by atoms with Crippen molar-refractivity contribution < 1.29 is 18.9 Å². The van der Waals surface area contributed by atoms with Crippen LogP contribution in [0.5, 0.6) is 0 Å². The molecule has 4 heteroatoms. The van der Waals surface area contributed by atoms with E-state index in [-0.39, 0.29) is 0 Å². The number of halogens is 3. The molecule has 0 N–H and O–H groups in total. The first-order chi connectivity index (χ1) is 3.15. The van der Waals surface area contributed by atoms with E-state index in [0.29, 0.717) is 0 Å². The van der Waals surface area contributed by atoms with Gasteiger partial charge in [0.05, 0.1) is 0 Å². The van der Waals surface area contributed by atoms with Crippen LogP contribution in [0.4, 0.5) is 0 Å². The van der Waals surface area contributed by atoms with Gasteiger partial charge in [-0.3, -0.25) is 0 Å². The number of hydrogen-bond donors (Lipinski definition) is 0. The van der Waals surface area contributed by atoms with Crippen molar-refractivity contribution >= 4 is 17.8 Å². The Morgan fingerprint density at radius 3 is 1.14 bits per heavy atom. The fourth-order valence-electron chi connectivity index (χ4n) is 0. The molecule has 0 unspecified atom stereocenters. The third-order valence-electron chi connectivity index (χ3n) is 0. The van der Waals surface area contributed by atoms with Crippen molar-refractivity contribution in [2.45, 2.75) is 0 Å². The SMILES string of the molecule is CN(C)C.Cl[I-]Cl. The van der Waals surface area contributed by atoms with Gasteiger partial charge in [0, 0.05) is 0 Å². The van der Waals surface area contributed by atoms with Gasteiger partial charge < -0.3 is 4.90 Å². The van der Waals surface area contributed by atoms with Gasteiger partial charge in [0.15, 0.2) is 0 Å². The van der Waals surface area contributed by atoms with E-state index in [4.69, 9.17) is 17.8 Å². The fourth-order valence-corrected chi connectivity index (χ4v) is 0. The summed E-state index contributed by atoms with van der Waals surface area (Å²) in [5.74, 6) is 0.